The fraction of sp³-hybridized carbons (Fsp3) is 0.385. The number of aryl methyl sites for hydroxylation is 2. The highest BCUT2D eigenvalue weighted by Crippen LogP contribution is 2.28. The Hall–Kier alpha value is -1.51. The average Bonchev–Trinajstić information content (AvgIpc) is 2.75. The van der Waals surface area contributed by atoms with E-state index < -0.39 is 10.0 Å². The number of aromatic nitrogens is 2. The summed E-state index contributed by atoms with van der Waals surface area (Å²) in [5.41, 5.74) is 7.62. The second-order valence-corrected chi connectivity index (χ2v) is 7.79. The number of pyridine rings is 1. The van der Waals surface area contributed by atoms with Crippen LogP contribution < -0.4 is 5.73 Å². The number of nitrogen functional groups attached to an aromatic ring is 1. The molecule has 0 saturated heterocycles. The maximum Gasteiger partial charge on any atom is 0.254 e. The van der Waals surface area contributed by atoms with Crippen molar-refractivity contribution >= 4 is 26.5 Å². The van der Waals surface area contributed by atoms with Crippen LogP contribution in [0.15, 0.2) is 22.4 Å². The van der Waals surface area contributed by atoms with Crippen LogP contribution in [-0.4, -0.2) is 29.2 Å². The van der Waals surface area contributed by atoms with Crippen molar-refractivity contribution in [3.8, 4) is 0 Å². The molecule has 114 valence electrons. The van der Waals surface area contributed by atoms with Crippen molar-refractivity contribution < 1.29 is 8.42 Å². The zero-order valence-corrected chi connectivity index (χ0v) is 13.8. The summed E-state index contributed by atoms with van der Waals surface area (Å²) in [6.07, 6.45) is 0. The molecule has 0 radical (unpaired) electrons. The Morgan fingerprint density at radius 1 is 1.29 bits per heavy atom. The van der Waals surface area contributed by atoms with Crippen LogP contribution in [0.25, 0.3) is 0 Å². The van der Waals surface area contributed by atoms with E-state index in [1.165, 1.54) is 4.31 Å². The van der Waals surface area contributed by atoms with E-state index in [1.807, 2.05) is 25.1 Å². The Kier molecular flexibility index (Phi) is 4.60. The maximum atomic E-state index is 12.7. The minimum Gasteiger partial charge on any atom is -0.375 e. The van der Waals surface area contributed by atoms with Crippen LogP contribution >= 0.6 is 11.3 Å². The molecule has 2 aromatic heterocycles. The van der Waals surface area contributed by atoms with Gasteiger partial charge in [0.05, 0.1) is 17.9 Å². The summed E-state index contributed by atoms with van der Waals surface area (Å²) in [6.45, 7) is 5.92. The van der Waals surface area contributed by atoms with Gasteiger partial charge in [-0.05, 0) is 26.0 Å². The molecular weight excluding hydrogens is 308 g/mol. The number of nitrogens with two attached hydrogens (primary N) is 1. The lowest BCUT2D eigenvalue weighted by atomic mass is 10.3. The molecule has 0 atom stereocenters. The van der Waals surface area contributed by atoms with Crippen molar-refractivity contribution in [3.63, 3.8) is 0 Å². The van der Waals surface area contributed by atoms with E-state index in [0.29, 0.717) is 12.2 Å². The highest BCUT2D eigenvalue weighted by molar-refractivity contribution is 7.91. The fourth-order valence-electron chi connectivity index (χ4n) is 1.99. The predicted molar refractivity (Wildman–Crippen MR) is 83.5 cm³/mol. The van der Waals surface area contributed by atoms with E-state index in [1.54, 1.807) is 13.8 Å². The summed E-state index contributed by atoms with van der Waals surface area (Å²) >= 11 is 0.995. The van der Waals surface area contributed by atoms with Crippen LogP contribution in [0.1, 0.15) is 24.0 Å². The van der Waals surface area contributed by atoms with Crippen molar-refractivity contribution in [2.45, 2.75) is 31.5 Å². The summed E-state index contributed by atoms with van der Waals surface area (Å²) in [6, 6.07) is 5.56. The van der Waals surface area contributed by atoms with Gasteiger partial charge in [-0.15, -0.1) is 0 Å². The SMILES string of the molecule is CCN(Cc1cccc(C)n1)S(=O)(=O)c1sc(N)nc1C. The number of nitrogens with zero attached hydrogens (tertiary/aromatic N) is 3. The molecule has 0 spiro atoms. The third-order valence-corrected chi connectivity index (χ3v) is 6.48. The predicted octanol–water partition coefficient (Wildman–Crippen LogP) is 1.95. The maximum absolute atomic E-state index is 12.7. The lowest BCUT2D eigenvalue weighted by Crippen LogP contribution is -2.30. The molecule has 8 heteroatoms. The minimum absolute atomic E-state index is 0.203. The van der Waals surface area contributed by atoms with Crippen LogP contribution in [0, 0.1) is 13.8 Å². The van der Waals surface area contributed by atoms with Gasteiger partial charge >= 0.3 is 0 Å². The summed E-state index contributed by atoms with van der Waals surface area (Å²) in [5, 5.41) is 0.260. The van der Waals surface area contributed by atoms with Crippen molar-refractivity contribution in [3.05, 3.63) is 35.3 Å². The van der Waals surface area contributed by atoms with Gasteiger partial charge in [-0.3, -0.25) is 4.98 Å². The molecule has 2 rings (SSSR count). The van der Waals surface area contributed by atoms with Crippen molar-refractivity contribution in [2.75, 3.05) is 12.3 Å². The summed E-state index contributed by atoms with van der Waals surface area (Å²) < 4.78 is 27.0. The second-order valence-electron chi connectivity index (χ2n) is 4.63. The smallest absolute Gasteiger partial charge is 0.254 e. The van der Waals surface area contributed by atoms with Gasteiger partial charge in [-0.25, -0.2) is 13.4 Å². The number of sulfonamides is 1. The summed E-state index contributed by atoms with van der Waals surface area (Å²) in [4.78, 5) is 8.34. The Morgan fingerprint density at radius 2 is 2.00 bits per heavy atom. The highest BCUT2D eigenvalue weighted by Gasteiger charge is 2.28. The lowest BCUT2D eigenvalue weighted by Gasteiger charge is -2.19. The molecule has 0 amide bonds. The van der Waals surface area contributed by atoms with E-state index >= 15 is 0 Å². The largest absolute Gasteiger partial charge is 0.375 e. The molecule has 0 bridgehead atoms. The number of rotatable bonds is 5. The molecule has 0 aliphatic heterocycles. The van der Waals surface area contributed by atoms with E-state index in [2.05, 4.69) is 9.97 Å². The Morgan fingerprint density at radius 3 is 2.52 bits per heavy atom. The zero-order chi connectivity index (χ0) is 15.6. The van der Waals surface area contributed by atoms with E-state index in [4.69, 9.17) is 5.73 Å². The quantitative estimate of drug-likeness (QED) is 0.907. The number of hydrogen-bond donors (Lipinski definition) is 1. The second kappa shape index (κ2) is 6.08. The number of anilines is 1. The Labute approximate surface area is 128 Å². The van der Waals surface area contributed by atoms with Gasteiger partial charge < -0.3 is 5.73 Å². The lowest BCUT2D eigenvalue weighted by molar-refractivity contribution is 0.419. The first-order valence-electron chi connectivity index (χ1n) is 6.50. The topological polar surface area (TPSA) is 89.2 Å². The van der Waals surface area contributed by atoms with Crippen LogP contribution in [-0.2, 0) is 16.6 Å². The normalized spacial score (nSPS) is 12.0. The third kappa shape index (κ3) is 3.39. The minimum atomic E-state index is -3.60. The van der Waals surface area contributed by atoms with Crippen molar-refractivity contribution in [2.24, 2.45) is 0 Å². The van der Waals surface area contributed by atoms with Gasteiger partial charge in [0.15, 0.2) is 9.34 Å². The zero-order valence-electron chi connectivity index (χ0n) is 12.2. The molecule has 0 saturated carbocycles. The molecule has 0 aromatic carbocycles. The Balaban J connectivity index is 2.34. The monoisotopic (exact) mass is 326 g/mol. The van der Waals surface area contributed by atoms with Crippen LogP contribution in [0.4, 0.5) is 5.13 Å². The molecular formula is C13H18N4O2S2. The first-order chi connectivity index (χ1) is 9.84. The van der Waals surface area contributed by atoms with E-state index in [0.717, 1.165) is 22.7 Å². The summed E-state index contributed by atoms with van der Waals surface area (Å²) in [5.74, 6) is 0. The van der Waals surface area contributed by atoms with Crippen molar-refractivity contribution in [1.29, 1.82) is 0 Å². The molecule has 2 N–H and O–H groups in total. The average molecular weight is 326 g/mol. The molecule has 21 heavy (non-hydrogen) atoms. The molecule has 0 aliphatic rings. The highest BCUT2D eigenvalue weighted by atomic mass is 32.2. The van der Waals surface area contributed by atoms with Crippen LogP contribution in [0.2, 0.25) is 0 Å². The molecule has 0 unspecified atom stereocenters. The summed E-state index contributed by atoms with van der Waals surface area (Å²) in [7, 11) is -3.60. The van der Waals surface area contributed by atoms with Crippen LogP contribution in [0.5, 0.6) is 0 Å². The van der Waals surface area contributed by atoms with Gasteiger partial charge in [-0.1, -0.05) is 24.3 Å². The van der Waals surface area contributed by atoms with Gasteiger partial charge in [0.25, 0.3) is 10.0 Å². The first-order valence-corrected chi connectivity index (χ1v) is 8.76. The van der Waals surface area contributed by atoms with Gasteiger partial charge in [0.1, 0.15) is 0 Å². The Bertz CT molecular complexity index is 740. The fourth-order valence-corrected chi connectivity index (χ4v) is 4.85. The van der Waals surface area contributed by atoms with Gasteiger partial charge in [0.2, 0.25) is 0 Å². The van der Waals surface area contributed by atoms with E-state index in [9.17, 15) is 8.42 Å². The van der Waals surface area contributed by atoms with Gasteiger partial charge in [0, 0.05) is 12.2 Å². The standard InChI is InChI=1S/C13H18N4O2S2/c1-4-17(8-11-7-5-6-9(2)15-11)21(18,19)12-10(3)16-13(14)20-12/h5-7H,4,8H2,1-3H3,(H2,14,16). The van der Waals surface area contributed by atoms with Gasteiger partial charge in [-0.2, -0.15) is 4.31 Å². The third-order valence-electron chi connectivity index (χ3n) is 2.98. The molecule has 0 aliphatic carbocycles. The molecule has 6 nitrogen and oxygen atoms in total. The van der Waals surface area contributed by atoms with Crippen LogP contribution in [0.3, 0.4) is 0 Å². The number of hydrogen-bond acceptors (Lipinski definition) is 6. The first kappa shape index (κ1) is 15.9. The molecule has 2 aromatic rings. The van der Waals surface area contributed by atoms with E-state index in [-0.39, 0.29) is 15.9 Å². The number of thiazole rings is 1. The molecule has 0 fully saturated rings. The molecule has 2 heterocycles. The van der Waals surface area contributed by atoms with Crippen molar-refractivity contribution in [1.82, 2.24) is 14.3 Å².